The Morgan fingerprint density at radius 1 is 1.35 bits per heavy atom. The third kappa shape index (κ3) is 5.15. The van der Waals surface area contributed by atoms with Crippen molar-refractivity contribution < 1.29 is 14.6 Å². The monoisotopic (exact) mass is 356 g/mol. The summed E-state index contributed by atoms with van der Waals surface area (Å²) in [5.41, 5.74) is 1.03. The number of anilines is 2. The number of aliphatic hydroxyl groups is 1. The van der Waals surface area contributed by atoms with E-state index in [4.69, 9.17) is 9.84 Å². The first kappa shape index (κ1) is 17.6. The first-order valence-corrected chi connectivity index (χ1v) is 8.76. The molecule has 0 saturated carbocycles. The van der Waals surface area contributed by atoms with Crippen molar-refractivity contribution in [1.82, 2.24) is 9.97 Å². The van der Waals surface area contributed by atoms with Crippen molar-refractivity contribution in [2.45, 2.75) is 33.3 Å². The van der Waals surface area contributed by atoms with E-state index in [2.05, 4.69) is 20.6 Å². The molecule has 2 rings (SSSR count). The second-order valence-corrected chi connectivity index (χ2v) is 7.61. The lowest BCUT2D eigenvalue weighted by molar-refractivity contribution is 0.0636. The summed E-state index contributed by atoms with van der Waals surface area (Å²) < 4.78 is 5.21. The lowest BCUT2D eigenvalue weighted by Gasteiger charge is -2.18. The van der Waals surface area contributed by atoms with E-state index in [1.807, 2.05) is 12.3 Å². The molecule has 7 nitrogen and oxygen atoms in total. The van der Waals surface area contributed by atoms with Crippen molar-refractivity contribution in [2.75, 3.05) is 23.8 Å². The number of aryl methyl sites for hydroxylation is 1. The van der Waals surface area contributed by atoms with Gasteiger partial charge in [0.15, 0.2) is 10.3 Å². The van der Waals surface area contributed by atoms with Crippen molar-refractivity contribution in [1.29, 1.82) is 0 Å². The second-order valence-electron chi connectivity index (χ2n) is 5.75. The zero-order chi connectivity index (χ0) is 17.0. The molecule has 0 bridgehead atoms. The van der Waals surface area contributed by atoms with Crippen LogP contribution in [0.3, 0.4) is 0 Å². The van der Waals surface area contributed by atoms with Crippen molar-refractivity contribution in [3.63, 3.8) is 0 Å². The van der Waals surface area contributed by atoms with E-state index in [1.54, 1.807) is 20.8 Å². The van der Waals surface area contributed by atoms with Crippen LogP contribution in [0.1, 0.15) is 26.5 Å². The normalized spacial score (nSPS) is 11.3. The maximum Gasteiger partial charge on any atom is 0.413 e. The van der Waals surface area contributed by atoms with Crippen LogP contribution >= 0.6 is 22.7 Å². The maximum absolute atomic E-state index is 11.8. The van der Waals surface area contributed by atoms with Gasteiger partial charge >= 0.3 is 6.09 Å². The van der Waals surface area contributed by atoms with Gasteiger partial charge < -0.3 is 15.2 Å². The van der Waals surface area contributed by atoms with Crippen LogP contribution in [-0.4, -0.2) is 39.9 Å². The molecular formula is C14H20N4O3S2. The Labute approximate surface area is 142 Å². The van der Waals surface area contributed by atoms with Gasteiger partial charge in [0.2, 0.25) is 0 Å². The van der Waals surface area contributed by atoms with Gasteiger partial charge in [-0.1, -0.05) is 11.3 Å². The molecule has 0 aliphatic carbocycles. The van der Waals surface area contributed by atoms with Crippen LogP contribution in [0.15, 0.2) is 5.38 Å². The van der Waals surface area contributed by atoms with Crippen LogP contribution in [0.25, 0.3) is 10.6 Å². The third-order valence-corrected chi connectivity index (χ3v) is 4.42. The number of thiazole rings is 2. The first-order chi connectivity index (χ1) is 10.8. The number of amides is 1. The van der Waals surface area contributed by atoms with Crippen LogP contribution < -0.4 is 10.6 Å². The lowest BCUT2D eigenvalue weighted by Crippen LogP contribution is -2.27. The standard InChI is InChI=1S/C14H20N4O3S2/c1-8-10(9-7-22-11(17-9)15-5-6-19)23-12(16-8)18-13(20)21-14(2,3)4/h7,19H,5-6H2,1-4H3,(H,15,17)(H,16,18,20). The fourth-order valence-corrected chi connectivity index (χ4v) is 3.42. The number of aliphatic hydroxyl groups excluding tert-OH is 1. The highest BCUT2D eigenvalue weighted by Crippen LogP contribution is 2.34. The topological polar surface area (TPSA) is 96.4 Å². The Hall–Kier alpha value is -1.71. The molecule has 0 spiro atoms. The Balaban J connectivity index is 2.09. The molecule has 0 aliphatic rings. The van der Waals surface area contributed by atoms with E-state index in [1.165, 1.54) is 22.7 Å². The van der Waals surface area contributed by atoms with E-state index in [-0.39, 0.29) is 6.61 Å². The molecule has 0 aliphatic heterocycles. The Morgan fingerprint density at radius 2 is 2.09 bits per heavy atom. The summed E-state index contributed by atoms with van der Waals surface area (Å²) in [6, 6.07) is 0. The molecule has 1 amide bonds. The van der Waals surface area contributed by atoms with Crippen molar-refractivity contribution >= 4 is 39.0 Å². The maximum atomic E-state index is 11.8. The zero-order valence-corrected chi connectivity index (χ0v) is 15.1. The summed E-state index contributed by atoms with van der Waals surface area (Å²) in [4.78, 5) is 21.5. The SMILES string of the molecule is Cc1nc(NC(=O)OC(C)(C)C)sc1-c1csc(NCCO)n1. The van der Waals surface area contributed by atoms with Gasteiger partial charge in [-0.25, -0.2) is 14.8 Å². The highest BCUT2D eigenvalue weighted by molar-refractivity contribution is 7.19. The number of nitrogens with zero attached hydrogens (tertiary/aromatic N) is 2. The Kier molecular flexibility index (Phi) is 5.55. The Bertz CT molecular complexity index is 676. The van der Waals surface area contributed by atoms with Gasteiger partial charge in [-0.15, -0.1) is 11.3 Å². The molecule has 0 saturated heterocycles. The molecule has 0 radical (unpaired) electrons. The number of hydrogen-bond donors (Lipinski definition) is 3. The fourth-order valence-electron chi connectivity index (χ4n) is 1.70. The summed E-state index contributed by atoms with van der Waals surface area (Å²) in [7, 11) is 0. The first-order valence-electron chi connectivity index (χ1n) is 7.06. The average molecular weight is 356 g/mol. The van der Waals surface area contributed by atoms with Crippen LogP contribution in [-0.2, 0) is 4.74 Å². The average Bonchev–Trinajstić information content (AvgIpc) is 3.00. The summed E-state index contributed by atoms with van der Waals surface area (Å²) >= 11 is 2.81. The summed E-state index contributed by atoms with van der Waals surface area (Å²) in [5, 5.41) is 17.6. The minimum Gasteiger partial charge on any atom is -0.444 e. The van der Waals surface area contributed by atoms with Crippen LogP contribution in [0.5, 0.6) is 0 Å². The number of ether oxygens (including phenoxy) is 1. The van der Waals surface area contributed by atoms with Crippen LogP contribution in [0.2, 0.25) is 0 Å². The van der Waals surface area contributed by atoms with Crippen molar-refractivity contribution in [3.8, 4) is 10.6 Å². The largest absolute Gasteiger partial charge is 0.444 e. The second kappa shape index (κ2) is 7.24. The molecule has 2 heterocycles. The number of rotatable bonds is 5. The summed E-state index contributed by atoms with van der Waals surface area (Å²) in [5.74, 6) is 0. The van der Waals surface area contributed by atoms with Crippen molar-refractivity contribution in [2.24, 2.45) is 0 Å². The summed E-state index contributed by atoms with van der Waals surface area (Å²) in [6.45, 7) is 7.80. The van der Waals surface area contributed by atoms with E-state index in [0.717, 1.165) is 21.4 Å². The molecule has 0 atom stereocenters. The van der Waals surface area contributed by atoms with E-state index >= 15 is 0 Å². The molecule has 2 aromatic rings. The molecule has 2 aromatic heterocycles. The van der Waals surface area contributed by atoms with Gasteiger partial charge in [0.1, 0.15) is 5.60 Å². The number of aromatic nitrogens is 2. The molecule has 126 valence electrons. The molecule has 9 heteroatoms. The zero-order valence-electron chi connectivity index (χ0n) is 13.5. The molecule has 23 heavy (non-hydrogen) atoms. The minimum atomic E-state index is -0.554. The van der Waals surface area contributed by atoms with E-state index < -0.39 is 11.7 Å². The van der Waals surface area contributed by atoms with Gasteiger partial charge in [0.25, 0.3) is 0 Å². The smallest absolute Gasteiger partial charge is 0.413 e. The Morgan fingerprint density at radius 3 is 2.74 bits per heavy atom. The van der Waals surface area contributed by atoms with Crippen LogP contribution in [0.4, 0.5) is 15.1 Å². The predicted molar refractivity (Wildman–Crippen MR) is 93.4 cm³/mol. The third-order valence-electron chi connectivity index (χ3n) is 2.53. The van der Waals surface area contributed by atoms with Gasteiger partial charge in [-0.2, -0.15) is 0 Å². The molecule has 0 unspecified atom stereocenters. The van der Waals surface area contributed by atoms with Gasteiger partial charge in [0, 0.05) is 11.9 Å². The highest BCUT2D eigenvalue weighted by atomic mass is 32.1. The van der Waals surface area contributed by atoms with Crippen molar-refractivity contribution in [3.05, 3.63) is 11.1 Å². The minimum absolute atomic E-state index is 0.0540. The molecule has 0 aromatic carbocycles. The number of hydrogen-bond acceptors (Lipinski definition) is 8. The number of carbonyl (C=O) groups is 1. The highest BCUT2D eigenvalue weighted by Gasteiger charge is 2.19. The van der Waals surface area contributed by atoms with Gasteiger partial charge in [-0.3, -0.25) is 5.32 Å². The van der Waals surface area contributed by atoms with E-state index in [0.29, 0.717) is 11.7 Å². The van der Waals surface area contributed by atoms with Gasteiger partial charge in [0.05, 0.1) is 22.9 Å². The molecule has 0 fully saturated rings. The van der Waals surface area contributed by atoms with Gasteiger partial charge in [-0.05, 0) is 27.7 Å². The predicted octanol–water partition coefficient (Wildman–Crippen LogP) is 3.33. The van der Waals surface area contributed by atoms with Crippen LogP contribution in [0, 0.1) is 6.92 Å². The number of nitrogens with one attached hydrogen (secondary N) is 2. The fraction of sp³-hybridized carbons (Fsp3) is 0.500. The lowest BCUT2D eigenvalue weighted by atomic mass is 10.2. The molecular weight excluding hydrogens is 336 g/mol. The summed E-state index contributed by atoms with van der Waals surface area (Å²) in [6.07, 6.45) is -0.527. The quantitative estimate of drug-likeness (QED) is 0.760. The number of carbonyl (C=O) groups excluding carboxylic acids is 1. The molecule has 3 N–H and O–H groups in total. The van der Waals surface area contributed by atoms with E-state index in [9.17, 15) is 4.79 Å².